The van der Waals surface area contributed by atoms with E-state index in [4.69, 9.17) is 4.74 Å². The van der Waals surface area contributed by atoms with Gasteiger partial charge in [0.25, 0.3) is 10.1 Å². The maximum absolute atomic E-state index is 12.3. The Morgan fingerprint density at radius 2 is 1.45 bits per heavy atom. The molecule has 166 valence electrons. The average Bonchev–Trinajstić information content (AvgIpc) is 2.71. The minimum absolute atomic E-state index is 0. The smallest absolute Gasteiger partial charge is 0.870 e. The molecule has 2 rings (SSSR count). The maximum Gasteiger partial charge on any atom is 1.00 e. The summed E-state index contributed by atoms with van der Waals surface area (Å²) in [6.07, 6.45) is 13.2. The van der Waals surface area contributed by atoms with Crippen molar-refractivity contribution in [3.05, 3.63) is 48.0 Å². The number of para-hydroxylation sites is 1. The van der Waals surface area contributed by atoms with Gasteiger partial charge in [-0.2, -0.15) is 8.42 Å². The molecule has 0 fully saturated rings. The third-order valence-corrected chi connectivity index (χ3v) is 6.03. The first-order chi connectivity index (χ1) is 14.4. The van der Waals surface area contributed by atoms with E-state index in [9.17, 15) is 18.1 Å². The number of hydrogen-bond acceptors (Lipinski definition) is 4. The van der Waals surface area contributed by atoms with Crippen molar-refractivity contribution in [3.63, 3.8) is 0 Å². The Hall–Kier alpha value is -1.05. The fourth-order valence-electron chi connectivity index (χ4n) is 3.49. The van der Waals surface area contributed by atoms with Gasteiger partial charge in [0, 0.05) is 6.07 Å². The van der Waals surface area contributed by atoms with Crippen LogP contribution >= 0.6 is 0 Å². The summed E-state index contributed by atoms with van der Waals surface area (Å²) in [5, 5.41) is 12.3. The van der Waals surface area contributed by atoms with Crippen LogP contribution < -0.4 is 39.4 Å². The van der Waals surface area contributed by atoms with Gasteiger partial charge in [-0.05, 0) is 30.5 Å². The zero-order valence-electron chi connectivity index (χ0n) is 18.8. The molecule has 0 aromatic heterocycles. The molecule has 0 spiro atoms. The molecule has 0 saturated carbocycles. The molecule has 0 aliphatic rings. The van der Waals surface area contributed by atoms with Gasteiger partial charge in [-0.1, -0.05) is 94.7 Å². The molecule has 0 amide bonds. The van der Waals surface area contributed by atoms with Crippen LogP contribution in [0.1, 0.15) is 76.7 Å². The van der Waals surface area contributed by atoms with Gasteiger partial charge in [0.1, 0.15) is 11.5 Å². The van der Waals surface area contributed by atoms with Crippen LogP contribution in [0.5, 0.6) is 17.2 Å². The van der Waals surface area contributed by atoms with Crippen molar-refractivity contribution in [1.82, 2.24) is 0 Å². The molecule has 5 nitrogen and oxygen atoms in total. The zero-order chi connectivity index (χ0) is 21.8. The third-order valence-electron chi connectivity index (χ3n) is 5.18. The number of ether oxygens (including phenoxy) is 1. The largest absolute Gasteiger partial charge is 1.00 e. The van der Waals surface area contributed by atoms with Gasteiger partial charge in [-0.25, -0.2) is 0 Å². The van der Waals surface area contributed by atoms with Crippen molar-refractivity contribution in [2.24, 2.45) is 0 Å². The zero-order valence-corrected chi connectivity index (χ0v) is 21.6. The Bertz CT molecular complexity index is 883. The van der Waals surface area contributed by atoms with Crippen LogP contribution in [0.4, 0.5) is 0 Å². The van der Waals surface area contributed by atoms with Crippen molar-refractivity contribution in [1.29, 1.82) is 0 Å². The number of benzene rings is 2. The third kappa shape index (κ3) is 10.4. The van der Waals surface area contributed by atoms with E-state index in [1.165, 1.54) is 75.6 Å². The summed E-state index contributed by atoms with van der Waals surface area (Å²) >= 11 is 0. The molecule has 1 N–H and O–H groups in total. The van der Waals surface area contributed by atoms with Gasteiger partial charge in [-0.15, -0.1) is 0 Å². The first-order valence-corrected chi connectivity index (χ1v) is 12.4. The van der Waals surface area contributed by atoms with E-state index in [2.05, 4.69) is 6.92 Å². The summed E-state index contributed by atoms with van der Waals surface area (Å²) < 4.78 is 37.6. The molecule has 0 aliphatic carbocycles. The summed E-state index contributed by atoms with van der Waals surface area (Å²) in [4.78, 5) is -0.264. The number of unbranched alkanes of at least 4 members (excludes halogenated alkanes) is 9. The van der Waals surface area contributed by atoms with Crippen LogP contribution in [0.25, 0.3) is 0 Å². The van der Waals surface area contributed by atoms with Gasteiger partial charge < -0.3 is 9.84 Å². The normalized spacial score (nSPS) is 11.2. The minimum atomic E-state index is -4.33. The SMILES string of the molecule is CCCCCCCCCCCCc1cccc([O-])c1Oc1cccc(S(=O)(=O)O)c1.[Na+]. The predicted molar refractivity (Wildman–Crippen MR) is 118 cm³/mol. The van der Waals surface area contributed by atoms with Gasteiger partial charge in [-0.3, -0.25) is 4.55 Å². The summed E-state index contributed by atoms with van der Waals surface area (Å²) in [7, 11) is -4.33. The van der Waals surface area contributed by atoms with Crippen LogP contribution in [-0.4, -0.2) is 13.0 Å². The maximum atomic E-state index is 12.3. The average molecular weight is 457 g/mol. The van der Waals surface area contributed by atoms with Crippen molar-refractivity contribution in [2.75, 3.05) is 0 Å². The summed E-state index contributed by atoms with van der Waals surface area (Å²) in [5.41, 5.74) is 0.819. The quantitative estimate of drug-likeness (QED) is 0.268. The van der Waals surface area contributed by atoms with Crippen molar-refractivity contribution < 1.29 is 52.4 Å². The molecule has 2 aromatic rings. The molecule has 0 aliphatic heterocycles. The molecule has 0 saturated heterocycles. The second-order valence-electron chi connectivity index (χ2n) is 7.73. The minimum Gasteiger partial charge on any atom is -0.870 e. The van der Waals surface area contributed by atoms with Gasteiger partial charge in [0.05, 0.1) is 4.90 Å². The topological polar surface area (TPSA) is 86.7 Å². The Labute approximate surface area is 209 Å². The van der Waals surface area contributed by atoms with Crippen LogP contribution in [0.15, 0.2) is 47.4 Å². The van der Waals surface area contributed by atoms with Crippen LogP contribution in [0.2, 0.25) is 0 Å². The summed E-state index contributed by atoms with van der Waals surface area (Å²) in [6.45, 7) is 2.23. The van der Waals surface area contributed by atoms with E-state index >= 15 is 0 Å². The molecule has 0 unspecified atom stereocenters. The summed E-state index contributed by atoms with van der Waals surface area (Å²) in [5.74, 6) is 0.190. The first-order valence-electron chi connectivity index (χ1n) is 11.0. The van der Waals surface area contributed by atoms with Gasteiger partial charge in [0.15, 0.2) is 0 Å². The molecule has 0 bridgehead atoms. The molecular formula is C24H33NaO5S. The Morgan fingerprint density at radius 1 is 0.871 bits per heavy atom. The molecule has 0 atom stereocenters. The Balaban J connectivity index is 0.00000480. The molecule has 7 heteroatoms. The van der Waals surface area contributed by atoms with E-state index in [0.29, 0.717) is 0 Å². The van der Waals surface area contributed by atoms with E-state index in [1.807, 2.05) is 6.07 Å². The monoisotopic (exact) mass is 456 g/mol. The van der Waals surface area contributed by atoms with E-state index < -0.39 is 10.1 Å². The summed E-state index contributed by atoms with van der Waals surface area (Å²) in [6, 6.07) is 10.5. The molecule has 0 heterocycles. The van der Waals surface area contributed by atoms with Crippen molar-refractivity contribution in [3.8, 4) is 17.2 Å². The molecule has 31 heavy (non-hydrogen) atoms. The second kappa shape index (κ2) is 14.9. The number of rotatable bonds is 14. The van der Waals surface area contributed by atoms with Gasteiger partial charge >= 0.3 is 29.6 Å². The predicted octanol–water partition coefficient (Wildman–Crippen LogP) is 3.27. The Morgan fingerprint density at radius 3 is 2.06 bits per heavy atom. The first kappa shape index (κ1) is 28.0. The van der Waals surface area contributed by atoms with Crippen LogP contribution in [0.3, 0.4) is 0 Å². The number of hydrogen-bond donors (Lipinski definition) is 1. The second-order valence-corrected chi connectivity index (χ2v) is 9.15. The fraction of sp³-hybridized carbons (Fsp3) is 0.500. The molecule has 2 aromatic carbocycles. The van der Waals surface area contributed by atoms with Crippen molar-refractivity contribution in [2.45, 2.75) is 82.4 Å². The van der Waals surface area contributed by atoms with E-state index in [-0.39, 0.29) is 51.7 Å². The molecule has 0 radical (unpaired) electrons. The fourth-order valence-corrected chi connectivity index (χ4v) is 4.01. The molecular weight excluding hydrogens is 423 g/mol. The van der Waals surface area contributed by atoms with Crippen molar-refractivity contribution >= 4 is 10.1 Å². The standard InChI is InChI=1S/C24H34O5S.Na/c1-2-3-4-5-6-7-8-9-10-11-14-20-15-12-18-23(25)24(20)29-21-16-13-17-22(19-21)30(26,27)28;/h12-13,15-19,25H,2-11,14H2,1H3,(H,26,27,28);/q;+1/p-1. The number of aryl methyl sites for hydroxylation is 1. The Kier molecular flexibility index (Phi) is 13.5. The van der Waals surface area contributed by atoms with Gasteiger partial charge in [0.2, 0.25) is 0 Å². The van der Waals surface area contributed by atoms with Crippen LogP contribution in [0, 0.1) is 0 Å². The van der Waals surface area contributed by atoms with E-state index in [0.717, 1.165) is 24.8 Å². The van der Waals surface area contributed by atoms with Crippen LogP contribution in [-0.2, 0) is 16.5 Å². The van der Waals surface area contributed by atoms with E-state index in [1.54, 1.807) is 12.1 Å².